The Bertz CT molecular complexity index is 524. The zero-order chi connectivity index (χ0) is 17.8. The molecule has 3 N–H and O–H groups in total. The molecule has 1 aromatic heterocycles. The zero-order valence-corrected chi connectivity index (χ0v) is 18.2. The summed E-state index contributed by atoms with van der Waals surface area (Å²) in [4.78, 5) is 20.2. The van der Waals surface area contributed by atoms with E-state index in [2.05, 4.69) is 25.9 Å². The highest BCUT2D eigenvalue weighted by Crippen LogP contribution is 2.05. The fourth-order valence-electron chi connectivity index (χ4n) is 1.94. The van der Waals surface area contributed by atoms with Crippen LogP contribution in [-0.2, 0) is 11.2 Å². The Hall–Kier alpha value is -1.09. The molecule has 0 spiro atoms. The summed E-state index contributed by atoms with van der Waals surface area (Å²) >= 11 is 5.77. The summed E-state index contributed by atoms with van der Waals surface area (Å²) in [7, 11) is 0. The average Bonchev–Trinajstić information content (AvgIpc) is 2.56. The van der Waals surface area contributed by atoms with Crippen molar-refractivity contribution in [3.8, 4) is 0 Å². The lowest BCUT2D eigenvalue weighted by Crippen LogP contribution is -2.38. The third-order valence-electron chi connectivity index (χ3n) is 3.47. The van der Waals surface area contributed by atoms with Gasteiger partial charge >= 0.3 is 0 Å². The Morgan fingerprint density at radius 1 is 1.32 bits per heavy atom. The van der Waals surface area contributed by atoms with Crippen LogP contribution in [0, 0.1) is 0 Å². The lowest BCUT2D eigenvalue weighted by Gasteiger charge is -2.12. The Kier molecular flexibility index (Phi) is 13.5. The number of hydrogen-bond donors (Lipinski definition) is 3. The molecule has 1 unspecified atom stereocenters. The van der Waals surface area contributed by atoms with E-state index in [0.717, 1.165) is 37.5 Å². The van der Waals surface area contributed by atoms with Gasteiger partial charge in [-0.3, -0.25) is 9.79 Å². The molecule has 0 bridgehead atoms. The van der Waals surface area contributed by atoms with Gasteiger partial charge in [0.1, 0.15) is 5.15 Å². The van der Waals surface area contributed by atoms with Gasteiger partial charge in [-0.05, 0) is 38.3 Å². The molecule has 0 aliphatic heterocycles. The van der Waals surface area contributed by atoms with E-state index >= 15 is 0 Å². The highest BCUT2D eigenvalue weighted by molar-refractivity contribution is 14.0. The number of carbonyl (C=O) groups is 1. The number of amides is 1. The maximum Gasteiger partial charge on any atom is 0.222 e. The van der Waals surface area contributed by atoms with Gasteiger partial charge in [-0.15, -0.1) is 24.0 Å². The van der Waals surface area contributed by atoms with Crippen LogP contribution in [0.4, 0.5) is 0 Å². The topological polar surface area (TPSA) is 78.4 Å². The van der Waals surface area contributed by atoms with Crippen LogP contribution in [0.25, 0.3) is 0 Å². The fraction of sp³-hybridized carbons (Fsp3) is 0.588. The predicted octanol–water partition coefficient (Wildman–Crippen LogP) is 2.76. The molecule has 0 fully saturated rings. The smallest absolute Gasteiger partial charge is 0.222 e. The molecule has 25 heavy (non-hydrogen) atoms. The summed E-state index contributed by atoms with van der Waals surface area (Å²) in [6.45, 7) is 8.02. The molecule has 0 saturated heterocycles. The second-order valence-electron chi connectivity index (χ2n) is 5.55. The highest BCUT2D eigenvalue weighted by Gasteiger charge is 2.05. The van der Waals surface area contributed by atoms with Gasteiger partial charge in [0, 0.05) is 31.7 Å². The number of nitrogens with zero attached hydrogens (tertiary/aromatic N) is 2. The van der Waals surface area contributed by atoms with Gasteiger partial charge in [0.2, 0.25) is 5.91 Å². The van der Waals surface area contributed by atoms with Crippen molar-refractivity contribution < 1.29 is 4.79 Å². The minimum atomic E-state index is 0. The molecule has 1 aromatic rings. The minimum absolute atomic E-state index is 0. The Balaban J connectivity index is 0.00000576. The van der Waals surface area contributed by atoms with Crippen LogP contribution in [-0.4, -0.2) is 42.5 Å². The second-order valence-corrected chi connectivity index (χ2v) is 5.94. The summed E-state index contributed by atoms with van der Waals surface area (Å²) in [5.41, 5.74) is 1.11. The molecule has 0 radical (unpaired) electrons. The number of nitrogens with one attached hydrogen (secondary N) is 3. The van der Waals surface area contributed by atoms with E-state index < -0.39 is 0 Å². The minimum Gasteiger partial charge on any atom is -0.357 e. The van der Waals surface area contributed by atoms with Crippen LogP contribution in [0.2, 0.25) is 5.15 Å². The van der Waals surface area contributed by atoms with Crippen molar-refractivity contribution >= 4 is 47.4 Å². The zero-order valence-electron chi connectivity index (χ0n) is 15.1. The first-order valence-electron chi connectivity index (χ1n) is 8.47. The molecular weight excluding hydrogens is 453 g/mol. The predicted molar refractivity (Wildman–Crippen MR) is 115 cm³/mol. The number of rotatable bonds is 9. The van der Waals surface area contributed by atoms with E-state index in [1.165, 1.54) is 0 Å². The van der Waals surface area contributed by atoms with Gasteiger partial charge in [-0.1, -0.05) is 24.6 Å². The van der Waals surface area contributed by atoms with E-state index in [1.807, 2.05) is 26.8 Å². The molecule has 1 amide bonds. The summed E-state index contributed by atoms with van der Waals surface area (Å²) in [6.07, 6.45) is 3.91. The van der Waals surface area contributed by atoms with Gasteiger partial charge in [0.05, 0.1) is 6.54 Å². The molecule has 1 atom stereocenters. The SMILES string of the molecule is CCNC(=NCCC(=O)NC(C)CC)NCCc1ccc(Cl)nc1.I. The number of halogens is 2. The molecular formula is C17H29ClIN5O. The maximum absolute atomic E-state index is 11.7. The molecule has 0 aromatic carbocycles. The first-order chi connectivity index (χ1) is 11.5. The highest BCUT2D eigenvalue weighted by atomic mass is 127. The normalized spacial score (nSPS) is 12.1. The first-order valence-corrected chi connectivity index (χ1v) is 8.84. The summed E-state index contributed by atoms with van der Waals surface area (Å²) in [5.74, 6) is 0.756. The molecule has 0 aliphatic rings. The van der Waals surface area contributed by atoms with Crippen molar-refractivity contribution in [2.75, 3.05) is 19.6 Å². The Morgan fingerprint density at radius 3 is 2.68 bits per heavy atom. The van der Waals surface area contributed by atoms with Crippen LogP contribution < -0.4 is 16.0 Å². The molecule has 8 heteroatoms. The van der Waals surface area contributed by atoms with E-state index in [1.54, 1.807) is 12.3 Å². The molecule has 6 nitrogen and oxygen atoms in total. The number of hydrogen-bond acceptors (Lipinski definition) is 3. The van der Waals surface area contributed by atoms with Crippen LogP contribution in [0.3, 0.4) is 0 Å². The van der Waals surface area contributed by atoms with Crippen LogP contribution >= 0.6 is 35.6 Å². The van der Waals surface area contributed by atoms with Crippen LogP contribution in [0.15, 0.2) is 23.3 Å². The fourth-order valence-corrected chi connectivity index (χ4v) is 2.05. The average molecular weight is 482 g/mol. The van der Waals surface area contributed by atoms with Crippen molar-refractivity contribution in [3.05, 3.63) is 29.0 Å². The number of aromatic nitrogens is 1. The largest absolute Gasteiger partial charge is 0.357 e. The number of pyridine rings is 1. The lowest BCUT2D eigenvalue weighted by molar-refractivity contribution is -0.121. The van der Waals surface area contributed by atoms with Crippen LogP contribution in [0.1, 0.15) is 39.2 Å². The lowest BCUT2D eigenvalue weighted by atomic mass is 10.2. The van der Waals surface area contributed by atoms with Crippen molar-refractivity contribution in [2.45, 2.75) is 46.1 Å². The Morgan fingerprint density at radius 2 is 2.08 bits per heavy atom. The quantitative estimate of drug-likeness (QED) is 0.219. The van der Waals surface area contributed by atoms with E-state index in [4.69, 9.17) is 11.6 Å². The second kappa shape index (κ2) is 14.1. The summed E-state index contributed by atoms with van der Waals surface area (Å²) in [6, 6.07) is 3.95. The first kappa shape index (κ1) is 23.9. The summed E-state index contributed by atoms with van der Waals surface area (Å²) in [5, 5.41) is 9.87. The molecule has 142 valence electrons. The van der Waals surface area contributed by atoms with Crippen LogP contribution in [0.5, 0.6) is 0 Å². The molecule has 0 aliphatic carbocycles. The van der Waals surface area contributed by atoms with Gasteiger partial charge in [-0.2, -0.15) is 0 Å². The van der Waals surface area contributed by atoms with Crippen molar-refractivity contribution in [3.63, 3.8) is 0 Å². The van der Waals surface area contributed by atoms with E-state index in [0.29, 0.717) is 18.1 Å². The van der Waals surface area contributed by atoms with Crippen molar-refractivity contribution in [1.29, 1.82) is 0 Å². The number of aliphatic imine (C=N–C) groups is 1. The summed E-state index contributed by atoms with van der Waals surface area (Å²) < 4.78 is 0. The monoisotopic (exact) mass is 481 g/mol. The molecule has 1 heterocycles. The maximum atomic E-state index is 11.7. The molecule has 0 saturated carbocycles. The molecule has 1 rings (SSSR count). The number of guanidine groups is 1. The van der Waals surface area contributed by atoms with Gasteiger partial charge in [0.25, 0.3) is 0 Å². The van der Waals surface area contributed by atoms with Gasteiger partial charge in [0.15, 0.2) is 5.96 Å². The van der Waals surface area contributed by atoms with Crippen molar-refractivity contribution in [2.24, 2.45) is 4.99 Å². The van der Waals surface area contributed by atoms with Crippen molar-refractivity contribution in [1.82, 2.24) is 20.9 Å². The third kappa shape index (κ3) is 11.2. The van der Waals surface area contributed by atoms with Gasteiger partial charge < -0.3 is 16.0 Å². The van der Waals surface area contributed by atoms with E-state index in [-0.39, 0.29) is 35.9 Å². The van der Waals surface area contributed by atoms with Gasteiger partial charge in [-0.25, -0.2) is 4.98 Å². The third-order valence-corrected chi connectivity index (χ3v) is 3.69. The van der Waals surface area contributed by atoms with E-state index in [9.17, 15) is 4.79 Å². The Labute approximate surface area is 172 Å². The standard InChI is InChI=1S/C17H28ClN5O.HI/c1-4-13(3)23-16(24)9-11-21-17(19-5-2)20-10-8-14-6-7-15(18)22-12-14;/h6-7,12-13H,4-5,8-11H2,1-3H3,(H,23,24)(H2,19,20,21);1H. The number of carbonyl (C=O) groups excluding carboxylic acids is 1.